The number of fused-ring (bicyclic) bond motifs is 3. The van der Waals surface area contributed by atoms with Crippen LogP contribution < -0.4 is 5.69 Å². The number of nitrogens with zero attached hydrogens (tertiary/aromatic N) is 3. The van der Waals surface area contributed by atoms with E-state index in [1.54, 1.807) is 11.3 Å². The van der Waals surface area contributed by atoms with Gasteiger partial charge < -0.3 is 0 Å². The summed E-state index contributed by atoms with van der Waals surface area (Å²) in [7, 11) is 0. The van der Waals surface area contributed by atoms with Crippen LogP contribution in [0.25, 0.3) is 15.9 Å². The molecule has 4 aromatic rings. The Labute approximate surface area is 136 Å². The normalized spacial score (nSPS) is 11.6. The summed E-state index contributed by atoms with van der Waals surface area (Å²) < 4.78 is 1.39. The number of aromatic nitrogens is 4. The SMILES string of the molecule is CCc1c(C)sc2[nH]c(=O)n3nc(Cc4ccccc4)nc3c12. The highest BCUT2D eigenvalue weighted by molar-refractivity contribution is 7.18. The Kier molecular flexibility index (Phi) is 3.27. The Balaban J connectivity index is 1.95. The van der Waals surface area contributed by atoms with Crippen LogP contribution >= 0.6 is 11.3 Å². The summed E-state index contributed by atoms with van der Waals surface area (Å²) >= 11 is 1.61. The van der Waals surface area contributed by atoms with Crippen LogP contribution in [-0.2, 0) is 12.8 Å². The fraction of sp³-hybridized carbons (Fsp3) is 0.235. The van der Waals surface area contributed by atoms with Crippen LogP contribution in [0.4, 0.5) is 0 Å². The Bertz CT molecular complexity index is 1060. The van der Waals surface area contributed by atoms with Gasteiger partial charge in [-0.2, -0.15) is 4.52 Å². The first-order valence-corrected chi connectivity index (χ1v) is 8.43. The zero-order valence-corrected chi connectivity index (χ0v) is 13.8. The van der Waals surface area contributed by atoms with Crippen molar-refractivity contribution in [3.8, 4) is 0 Å². The maximum absolute atomic E-state index is 12.3. The molecular formula is C17H16N4OS. The topological polar surface area (TPSA) is 63.0 Å². The second-order valence-electron chi connectivity index (χ2n) is 5.55. The number of benzene rings is 1. The summed E-state index contributed by atoms with van der Waals surface area (Å²) in [6, 6.07) is 10.0. The van der Waals surface area contributed by atoms with E-state index in [2.05, 4.69) is 28.9 Å². The predicted octanol–water partition coefficient (Wildman–Crippen LogP) is 3.09. The van der Waals surface area contributed by atoms with Crippen LogP contribution in [0.15, 0.2) is 35.1 Å². The van der Waals surface area contributed by atoms with Crippen molar-refractivity contribution in [2.75, 3.05) is 0 Å². The van der Waals surface area contributed by atoms with Crippen molar-refractivity contribution >= 4 is 27.2 Å². The Morgan fingerprint density at radius 2 is 2.04 bits per heavy atom. The van der Waals surface area contributed by atoms with Gasteiger partial charge in [-0.1, -0.05) is 37.3 Å². The van der Waals surface area contributed by atoms with Gasteiger partial charge in [0.2, 0.25) is 0 Å². The minimum absolute atomic E-state index is 0.233. The van der Waals surface area contributed by atoms with Gasteiger partial charge in [-0.15, -0.1) is 16.4 Å². The molecular weight excluding hydrogens is 308 g/mol. The number of hydrogen-bond acceptors (Lipinski definition) is 4. The quantitative estimate of drug-likeness (QED) is 0.630. The lowest BCUT2D eigenvalue weighted by Crippen LogP contribution is -2.17. The molecule has 3 heterocycles. The van der Waals surface area contributed by atoms with Crippen LogP contribution in [0, 0.1) is 6.92 Å². The molecule has 0 amide bonds. The number of aryl methyl sites for hydroxylation is 2. The monoisotopic (exact) mass is 324 g/mol. The standard InChI is InChI=1S/C17H16N4OS/c1-3-12-10(2)23-16-14(12)15-18-13(20-21(15)17(22)19-16)9-11-7-5-4-6-8-11/h4-8H,3,9H2,1-2H3,(H,19,22). The van der Waals surface area contributed by atoms with Gasteiger partial charge in [0, 0.05) is 11.3 Å². The third kappa shape index (κ3) is 2.26. The maximum Gasteiger partial charge on any atom is 0.349 e. The van der Waals surface area contributed by atoms with Gasteiger partial charge >= 0.3 is 5.69 Å². The van der Waals surface area contributed by atoms with E-state index < -0.39 is 0 Å². The van der Waals surface area contributed by atoms with Gasteiger partial charge in [-0.25, -0.2) is 9.78 Å². The lowest BCUT2D eigenvalue weighted by molar-refractivity contribution is 0.847. The number of H-pyrrole nitrogens is 1. The number of aromatic amines is 1. The van der Waals surface area contributed by atoms with Crippen molar-refractivity contribution in [1.82, 2.24) is 19.6 Å². The van der Waals surface area contributed by atoms with E-state index >= 15 is 0 Å². The molecule has 0 saturated heterocycles. The average molecular weight is 324 g/mol. The smallest absolute Gasteiger partial charge is 0.297 e. The van der Waals surface area contributed by atoms with E-state index in [0.29, 0.717) is 17.9 Å². The van der Waals surface area contributed by atoms with E-state index in [1.165, 1.54) is 15.0 Å². The fourth-order valence-corrected chi connectivity index (χ4v) is 4.12. The first-order chi connectivity index (χ1) is 11.2. The third-order valence-electron chi connectivity index (χ3n) is 4.06. The van der Waals surface area contributed by atoms with Gasteiger partial charge in [0.25, 0.3) is 0 Å². The lowest BCUT2D eigenvalue weighted by Gasteiger charge is -1.97. The van der Waals surface area contributed by atoms with Crippen LogP contribution in [0.3, 0.4) is 0 Å². The van der Waals surface area contributed by atoms with Crippen LogP contribution in [0.5, 0.6) is 0 Å². The maximum atomic E-state index is 12.3. The van der Waals surface area contributed by atoms with E-state index in [1.807, 2.05) is 30.3 Å². The molecule has 0 aliphatic heterocycles. The molecule has 0 fully saturated rings. The summed E-state index contributed by atoms with van der Waals surface area (Å²) in [5.74, 6) is 0.667. The van der Waals surface area contributed by atoms with Crippen molar-refractivity contribution in [1.29, 1.82) is 0 Å². The summed E-state index contributed by atoms with van der Waals surface area (Å²) in [5, 5.41) is 5.44. The third-order valence-corrected chi connectivity index (χ3v) is 5.12. The Hall–Kier alpha value is -2.47. The average Bonchev–Trinajstić information content (AvgIpc) is 3.09. The highest BCUT2D eigenvalue weighted by Crippen LogP contribution is 2.31. The van der Waals surface area contributed by atoms with E-state index in [-0.39, 0.29) is 5.69 Å². The van der Waals surface area contributed by atoms with Crippen molar-refractivity contribution in [2.45, 2.75) is 26.7 Å². The molecule has 0 spiro atoms. The van der Waals surface area contributed by atoms with E-state index in [4.69, 9.17) is 0 Å². The molecule has 116 valence electrons. The van der Waals surface area contributed by atoms with E-state index in [0.717, 1.165) is 22.2 Å². The van der Waals surface area contributed by atoms with Gasteiger partial charge in [0.05, 0.1) is 5.39 Å². The molecule has 0 aliphatic rings. The van der Waals surface area contributed by atoms with Gasteiger partial charge in [0.1, 0.15) is 4.83 Å². The molecule has 0 atom stereocenters. The number of rotatable bonds is 3. The van der Waals surface area contributed by atoms with Crippen molar-refractivity contribution in [3.05, 3.63) is 62.6 Å². The van der Waals surface area contributed by atoms with Crippen molar-refractivity contribution in [2.24, 2.45) is 0 Å². The van der Waals surface area contributed by atoms with Gasteiger partial charge in [-0.05, 0) is 24.5 Å². The van der Waals surface area contributed by atoms with Crippen LogP contribution in [0.2, 0.25) is 0 Å². The summed E-state index contributed by atoms with van der Waals surface area (Å²) in [6.45, 7) is 4.21. The number of nitrogens with one attached hydrogen (secondary N) is 1. The molecule has 6 heteroatoms. The minimum Gasteiger partial charge on any atom is -0.297 e. The molecule has 4 rings (SSSR count). The van der Waals surface area contributed by atoms with Gasteiger partial charge in [0.15, 0.2) is 11.5 Å². The molecule has 0 aliphatic carbocycles. The summed E-state index contributed by atoms with van der Waals surface area (Å²) in [4.78, 5) is 22.0. The predicted molar refractivity (Wildman–Crippen MR) is 92.4 cm³/mol. The molecule has 0 radical (unpaired) electrons. The zero-order valence-electron chi connectivity index (χ0n) is 13.0. The Morgan fingerprint density at radius 3 is 2.78 bits per heavy atom. The molecule has 1 N–H and O–H groups in total. The van der Waals surface area contributed by atoms with Crippen molar-refractivity contribution < 1.29 is 0 Å². The second kappa shape index (κ2) is 5.31. The molecule has 1 aromatic carbocycles. The molecule has 5 nitrogen and oxygen atoms in total. The number of hydrogen-bond donors (Lipinski definition) is 1. The zero-order chi connectivity index (χ0) is 16.0. The highest BCUT2D eigenvalue weighted by Gasteiger charge is 2.17. The van der Waals surface area contributed by atoms with Crippen molar-refractivity contribution in [3.63, 3.8) is 0 Å². The highest BCUT2D eigenvalue weighted by atomic mass is 32.1. The van der Waals surface area contributed by atoms with E-state index in [9.17, 15) is 4.79 Å². The number of thiophene rings is 1. The molecule has 3 aromatic heterocycles. The molecule has 0 unspecified atom stereocenters. The first kappa shape index (κ1) is 14.1. The lowest BCUT2D eigenvalue weighted by atomic mass is 10.1. The molecule has 23 heavy (non-hydrogen) atoms. The van der Waals surface area contributed by atoms with Crippen LogP contribution in [-0.4, -0.2) is 19.6 Å². The Morgan fingerprint density at radius 1 is 1.26 bits per heavy atom. The first-order valence-electron chi connectivity index (χ1n) is 7.61. The van der Waals surface area contributed by atoms with Gasteiger partial charge in [-0.3, -0.25) is 4.98 Å². The fourth-order valence-electron chi connectivity index (χ4n) is 2.99. The minimum atomic E-state index is -0.233. The van der Waals surface area contributed by atoms with Crippen LogP contribution in [0.1, 0.15) is 28.8 Å². The largest absolute Gasteiger partial charge is 0.349 e. The summed E-state index contributed by atoms with van der Waals surface area (Å²) in [6.07, 6.45) is 1.53. The molecule has 0 saturated carbocycles. The summed E-state index contributed by atoms with van der Waals surface area (Å²) in [5.41, 5.74) is 2.80. The second-order valence-corrected chi connectivity index (χ2v) is 6.78. The molecule has 0 bridgehead atoms.